The third-order valence-electron chi connectivity index (χ3n) is 5.85. The Hall–Kier alpha value is -2.78. The highest BCUT2D eigenvalue weighted by molar-refractivity contribution is 6.33. The first kappa shape index (κ1) is 19.9. The molecule has 164 valence electrons. The maximum absolute atomic E-state index is 6.39. The molecule has 0 radical (unpaired) electrons. The number of benzene rings is 1. The van der Waals surface area contributed by atoms with Gasteiger partial charge in [-0.25, -0.2) is 9.97 Å². The van der Waals surface area contributed by atoms with Crippen molar-refractivity contribution in [1.29, 1.82) is 0 Å². The summed E-state index contributed by atoms with van der Waals surface area (Å²) in [6.07, 6.45) is 3.73. The van der Waals surface area contributed by atoms with Gasteiger partial charge in [-0.15, -0.1) is 0 Å². The van der Waals surface area contributed by atoms with Gasteiger partial charge in [-0.3, -0.25) is 4.98 Å². The van der Waals surface area contributed by atoms with E-state index >= 15 is 0 Å². The summed E-state index contributed by atoms with van der Waals surface area (Å²) in [6.45, 7) is 4.12. The quantitative estimate of drug-likeness (QED) is 0.430. The lowest BCUT2D eigenvalue weighted by Crippen LogP contribution is -2.33. The van der Waals surface area contributed by atoms with Crippen molar-refractivity contribution < 1.29 is 18.9 Å². The fourth-order valence-corrected chi connectivity index (χ4v) is 4.67. The molecule has 2 aliphatic heterocycles. The molecule has 0 aliphatic carbocycles. The summed E-state index contributed by atoms with van der Waals surface area (Å²) in [4.78, 5) is 12.8. The molecule has 2 saturated heterocycles. The van der Waals surface area contributed by atoms with Crippen LogP contribution in [0, 0.1) is 0 Å². The molecule has 1 aromatic carbocycles. The molecule has 2 aliphatic rings. The zero-order chi connectivity index (χ0) is 21.9. The molecule has 0 saturated carbocycles. The number of rotatable bonds is 4. The molecule has 0 spiro atoms. The van der Waals surface area contributed by atoms with Crippen LogP contribution in [0.2, 0.25) is 5.15 Å². The number of hydrogen-bond acceptors (Lipinski definition) is 7. The van der Waals surface area contributed by atoms with E-state index in [2.05, 4.69) is 15.0 Å². The zero-order valence-electron chi connectivity index (χ0n) is 17.5. The first-order valence-electron chi connectivity index (χ1n) is 10.4. The predicted octanol–water partition coefficient (Wildman–Crippen LogP) is 4.13. The van der Waals surface area contributed by atoms with E-state index in [0.717, 1.165) is 22.0 Å². The topological polar surface area (TPSA) is 80.5 Å². The van der Waals surface area contributed by atoms with Gasteiger partial charge in [0, 0.05) is 23.8 Å². The number of nitrogens with zero attached hydrogens (tertiary/aromatic N) is 4. The lowest BCUT2D eigenvalue weighted by atomic mass is 10.1. The largest absolute Gasteiger partial charge is 0.491 e. The number of pyridine rings is 1. The van der Waals surface area contributed by atoms with E-state index < -0.39 is 12.0 Å². The van der Waals surface area contributed by atoms with Crippen molar-refractivity contribution in [3.05, 3.63) is 60.3 Å². The maximum atomic E-state index is 6.39. The molecule has 4 aromatic rings. The maximum Gasteiger partial charge on any atom is 0.164 e. The third-order valence-corrected chi connectivity index (χ3v) is 6.15. The molecule has 0 bridgehead atoms. The third kappa shape index (κ3) is 3.31. The van der Waals surface area contributed by atoms with Crippen LogP contribution in [0.4, 0.5) is 0 Å². The number of aromatic nitrogens is 4. The highest BCUT2D eigenvalue weighted by atomic mass is 35.5. The second-order valence-electron chi connectivity index (χ2n) is 8.42. The standard InChI is InChI=1S/C23H21ClN4O4/c1-23(2)31-18-17(11-29-14-6-5-13-4-3-8-25-16(13)10-14)30-22(19(18)32-23)28-9-7-15-20(24)26-12-27-21(15)28/h3-10,12,17-19,22H,11H2,1-2H3/t17-,18-,19-,22-/m1/s1. The van der Waals surface area contributed by atoms with Gasteiger partial charge in [0.2, 0.25) is 0 Å². The van der Waals surface area contributed by atoms with Gasteiger partial charge in [0.15, 0.2) is 12.0 Å². The first-order chi connectivity index (χ1) is 15.5. The Bertz CT molecular complexity index is 1310. The molecule has 0 amide bonds. The average Bonchev–Trinajstić information content (AvgIpc) is 3.44. The van der Waals surface area contributed by atoms with Gasteiger partial charge in [0.05, 0.1) is 10.9 Å². The highest BCUT2D eigenvalue weighted by Crippen LogP contribution is 2.44. The monoisotopic (exact) mass is 452 g/mol. The lowest BCUT2D eigenvalue weighted by molar-refractivity contribution is -0.198. The van der Waals surface area contributed by atoms with Crippen molar-refractivity contribution in [2.24, 2.45) is 0 Å². The van der Waals surface area contributed by atoms with E-state index in [1.54, 1.807) is 6.20 Å². The minimum atomic E-state index is -0.724. The number of halogens is 1. The SMILES string of the molecule is CC1(C)O[C@@H]2[C@H](O1)[C@@H](COc1ccc3cccnc3c1)O[C@H]2n1ccc2c(Cl)ncnc21. The van der Waals surface area contributed by atoms with Crippen LogP contribution in [0.3, 0.4) is 0 Å². The van der Waals surface area contributed by atoms with Crippen molar-refractivity contribution in [2.75, 3.05) is 6.61 Å². The molecule has 9 heteroatoms. The first-order valence-corrected chi connectivity index (χ1v) is 10.8. The van der Waals surface area contributed by atoms with Crippen LogP contribution in [0.5, 0.6) is 5.75 Å². The minimum absolute atomic E-state index is 0.289. The van der Waals surface area contributed by atoms with Gasteiger partial charge >= 0.3 is 0 Å². The Labute approximate surface area is 189 Å². The van der Waals surface area contributed by atoms with Crippen molar-refractivity contribution in [2.45, 2.75) is 44.2 Å². The van der Waals surface area contributed by atoms with Crippen molar-refractivity contribution in [1.82, 2.24) is 19.5 Å². The van der Waals surface area contributed by atoms with E-state index in [-0.39, 0.29) is 18.3 Å². The Morgan fingerprint density at radius 1 is 1.09 bits per heavy atom. The molecule has 32 heavy (non-hydrogen) atoms. The summed E-state index contributed by atoms with van der Waals surface area (Å²) < 4.78 is 26.8. The summed E-state index contributed by atoms with van der Waals surface area (Å²) in [7, 11) is 0. The van der Waals surface area contributed by atoms with Crippen LogP contribution < -0.4 is 4.74 Å². The number of ether oxygens (including phenoxy) is 4. The van der Waals surface area contributed by atoms with E-state index in [1.807, 2.05) is 61.0 Å². The van der Waals surface area contributed by atoms with Gasteiger partial charge in [-0.2, -0.15) is 0 Å². The van der Waals surface area contributed by atoms with Crippen molar-refractivity contribution in [3.63, 3.8) is 0 Å². The van der Waals surface area contributed by atoms with Gasteiger partial charge in [0.1, 0.15) is 47.8 Å². The van der Waals surface area contributed by atoms with E-state index in [4.69, 9.17) is 30.5 Å². The second-order valence-corrected chi connectivity index (χ2v) is 8.78. The fraction of sp³-hybridized carbons (Fsp3) is 0.348. The van der Waals surface area contributed by atoms with Crippen molar-refractivity contribution >= 4 is 33.5 Å². The molecule has 2 fully saturated rings. The predicted molar refractivity (Wildman–Crippen MR) is 118 cm³/mol. The van der Waals surface area contributed by atoms with Crippen LogP contribution >= 0.6 is 11.6 Å². The smallest absolute Gasteiger partial charge is 0.164 e. The lowest BCUT2D eigenvalue weighted by Gasteiger charge is -2.25. The normalized spacial score (nSPS) is 26.6. The van der Waals surface area contributed by atoms with E-state index in [9.17, 15) is 0 Å². The number of hydrogen-bond donors (Lipinski definition) is 0. The zero-order valence-corrected chi connectivity index (χ0v) is 18.3. The molecule has 8 nitrogen and oxygen atoms in total. The second kappa shape index (κ2) is 7.38. The van der Waals surface area contributed by atoms with Gasteiger partial charge in [0.25, 0.3) is 0 Å². The molecule has 4 atom stereocenters. The summed E-state index contributed by atoms with van der Waals surface area (Å²) in [5.41, 5.74) is 1.56. The van der Waals surface area contributed by atoms with Crippen molar-refractivity contribution in [3.8, 4) is 5.75 Å². The Morgan fingerprint density at radius 3 is 2.88 bits per heavy atom. The Morgan fingerprint density at radius 2 is 1.97 bits per heavy atom. The fourth-order valence-electron chi connectivity index (χ4n) is 4.48. The average molecular weight is 453 g/mol. The van der Waals surface area contributed by atoms with Gasteiger partial charge in [-0.05, 0) is 38.1 Å². The molecule has 0 unspecified atom stereocenters. The summed E-state index contributed by atoms with van der Waals surface area (Å²) in [5, 5.41) is 2.22. The Kier molecular flexibility index (Phi) is 4.58. The Balaban J connectivity index is 1.28. The minimum Gasteiger partial charge on any atom is -0.491 e. The highest BCUT2D eigenvalue weighted by Gasteiger charge is 2.56. The molecular formula is C23H21ClN4O4. The molecule has 6 rings (SSSR count). The van der Waals surface area contributed by atoms with Gasteiger partial charge < -0.3 is 23.5 Å². The van der Waals surface area contributed by atoms with Crippen LogP contribution in [-0.2, 0) is 14.2 Å². The van der Waals surface area contributed by atoms with Crippen LogP contribution in [0.1, 0.15) is 20.1 Å². The van der Waals surface area contributed by atoms with Gasteiger partial charge in [-0.1, -0.05) is 17.7 Å². The molecule has 0 N–H and O–H groups in total. The van der Waals surface area contributed by atoms with Crippen LogP contribution in [0.25, 0.3) is 21.9 Å². The molecular weight excluding hydrogens is 432 g/mol. The van der Waals surface area contributed by atoms with E-state index in [0.29, 0.717) is 17.4 Å². The molecule has 3 aromatic heterocycles. The van der Waals surface area contributed by atoms with Crippen LogP contribution in [0.15, 0.2) is 55.1 Å². The van der Waals surface area contributed by atoms with Crippen LogP contribution in [-0.4, -0.2) is 50.2 Å². The summed E-state index contributed by atoms with van der Waals surface area (Å²) >= 11 is 6.24. The molecule has 5 heterocycles. The van der Waals surface area contributed by atoms with E-state index in [1.165, 1.54) is 6.33 Å². The number of fused-ring (bicyclic) bond motifs is 3. The summed E-state index contributed by atoms with van der Waals surface area (Å²) in [5.74, 6) is 0.00171. The summed E-state index contributed by atoms with van der Waals surface area (Å²) in [6, 6.07) is 11.7.